The SMILES string of the molecule is Cc1ccc(-n2cccn2)cc1NC(=O)N1CCC[C@@H](C(N)=O)C1. The van der Waals surface area contributed by atoms with Crippen LogP contribution in [0.2, 0.25) is 0 Å². The number of hydrogen-bond donors (Lipinski definition) is 2. The van der Waals surface area contributed by atoms with E-state index in [0.29, 0.717) is 13.1 Å². The van der Waals surface area contributed by atoms with Crippen LogP contribution in [0.25, 0.3) is 5.69 Å². The number of primary amides is 1. The summed E-state index contributed by atoms with van der Waals surface area (Å²) in [6.45, 7) is 2.94. The molecule has 7 nitrogen and oxygen atoms in total. The number of amides is 3. The second kappa shape index (κ2) is 6.74. The molecule has 0 aliphatic carbocycles. The molecule has 24 heavy (non-hydrogen) atoms. The summed E-state index contributed by atoms with van der Waals surface area (Å²) in [4.78, 5) is 25.5. The van der Waals surface area contributed by atoms with E-state index in [0.717, 1.165) is 29.8 Å². The summed E-state index contributed by atoms with van der Waals surface area (Å²) in [5, 5.41) is 7.13. The predicted octanol–water partition coefficient (Wildman–Crippen LogP) is 1.91. The average Bonchev–Trinajstić information content (AvgIpc) is 3.11. The number of anilines is 1. The van der Waals surface area contributed by atoms with Crippen molar-refractivity contribution in [2.24, 2.45) is 11.7 Å². The fourth-order valence-electron chi connectivity index (χ4n) is 2.90. The van der Waals surface area contributed by atoms with Gasteiger partial charge in [0.2, 0.25) is 5.91 Å². The number of aromatic nitrogens is 2. The van der Waals surface area contributed by atoms with Crippen LogP contribution in [-0.4, -0.2) is 39.7 Å². The van der Waals surface area contributed by atoms with E-state index in [4.69, 9.17) is 5.73 Å². The number of carbonyl (C=O) groups is 2. The van der Waals surface area contributed by atoms with Crippen molar-refractivity contribution in [2.75, 3.05) is 18.4 Å². The highest BCUT2D eigenvalue weighted by atomic mass is 16.2. The molecule has 2 aromatic rings. The smallest absolute Gasteiger partial charge is 0.321 e. The lowest BCUT2D eigenvalue weighted by Crippen LogP contribution is -2.45. The molecule has 0 unspecified atom stereocenters. The molecule has 3 rings (SSSR count). The Balaban J connectivity index is 1.74. The van der Waals surface area contributed by atoms with E-state index in [1.807, 2.05) is 37.4 Å². The molecule has 126 valence electrons. The summed E-state index contributed by atoms with van der Waals surface area (Å²) >= 11 is 0. The van der Waals surface area contributed by atoms with Crippen LogP contribution < -0.4 is 11.1 Å². The number of aryl methyl sites for hydroxylation is 1. The first-order chi connectivity index (χ1) is 11.5. The van der Waals surface area contributed by atoms with Crippen molar-refractivity contribution in [1.29, 1.82) is 0 Å². The van der Waals surface area contributed by atoms with Gasteiger partial charge in [-0.3, -0.25) is 4.79 Å². The zero-order chi connectivity index (χ0) is 17.1. The molecule has 3 N–H and O–H groups in total. The summed E-state index contributed by atoms with van der Waals surface area (Å²) in [6, 6.07) is 7.41. The lowest BCUT2D eigenvalue weighted by molar-refractivity contribution is -0.123. The number of urea groups is 1. The quantitative estimate of drug-likeness (QED) is 0.902. The number of nitrogens with zero attached hydrogens (tertiary/aromatic N) is 3. The molecular weight excluding hydrogens is 306 g/mol. The number of carbonyl (C=O) groups excluding carboxylic acids is 2. The molecule has 3 amide bonds. The summed E-state index contributed by atoms with van der Waals surface area (Å²) < 4.78 is 1.74. The van der Waals surface area contributed by atoms with Gasteiger partial charge >= 0.3 is 6.03 Å². The summed E-state index contributed by atoms with van der Waals surface area (Å²) in [6.07, 6.45) is 5.08. The molecule has 0 radical (unpaired) electrons. The fourth-order valence-corrected chi connectivity index (χ4v) is 2.90. The van der Waals surface area contributed by atoms with Gasteiger partial charge in [-0.2, -0.15) is 5.10 Å². The summed E-state index contributed by atoms with van der Waals surface area (Å²) in [5.74, 6) is -0.606. The van der Waals surface area contributed by atoms with E-state index in [2.05, 4.69) is 10.4 Å². The van der Waals surface area contributed by atoms with Crippen molar-refractivity contribution < 1.29 is 9.59 Å². The number of rotatable bonds is 3. The number of benzene rings is 1. The van der Waals surface area contributed by atoms with Crippen molar-refractivity contribution in [2.45, 2.75) is 19.8 Å². The number of nitrogens with one attached hydrogen (secondary N) is 1. The van der Waals surface area contributed by atoms with E-state index in [-0.39, 0.29) is 17.9 Å². The molecule has 1 atom stereocenters. The highest BCUT2D eigenvalue weighted by Crippen LogP contribution is 2.21. The lowest BCUT2D eigenvalue weighted by Gasteiger charge is -2.31. The molecule has 1 aliphatic rings. The summed E-state index contributed by atoms with van der Waals surface area (Å²) in [7, 11) is 0. The van der Waals surface area contributed by atoms with Gasteiger partial charge in [0.1, 0.15) is 0 Å². The van der Waals surface area contributed by atoms with E-state index in [1.165, 1.54) is 0 Å². The largest absolute Gasteiger partial charge is 0.369 e. The predicted molar refractivity (Wildman–Crippen MR) is 90.8 cm³/mol. The van der Waals surface area contributed by atoms with Gasteiger partial charge < -0.3 is 16.0 Å². The van der Waals surface area contributed by atoms with Crippen molar-refractivity contribution in [1.82, 2.24) is 14.7 Å². The Kier molecular flexibility index (Phi) is 4.50. The Hall–Kier alpha value is -2.83. The molecule has 1 aliphatic heterocycles. The second-order valence-corrected chi connectivity index (χ2v) is 6.07. The van der Waals surface area contributed by atoms with Crippen LogP contribution in [0.3, 0.4) is 0 Å². The molecular formula is C17H21N5O2. The molecule has 0 spiro atoms. The molecule has 1 aromatic heterocycles. The summed E-state index contributed by atoms with van der Waals surface area (Å²) in [5.41, 5.74) is 7.93. The van der Waals surface area contributed by atoms with Crippen LogP contribution in [0.4, 0.5) is 10.5 Å². The van der Waals surface area contributed by atoms with Gasteiger partial charge in [-0.15, -0.1) is 0 Å². The molecule has 0 saturated carbocycles. The zero-order valence-corrected chi connectivity index (χ0v) is 13.6. The maximum absolute atomic E-state index is 12.5. The first-order valence-electron chi connectivity index (χ1n) is 8.00. The Morgan fingerprint density at radius 3 is 2.92 bits per heavy atom. The van der Waals surface area contributed by atoms with Gasteiger partial charge in [-0.05, 0) is 43.5 Å². The lowest BCUT2D eigenvalue weighted by atomic mass is 9.98. The molecule has 1 saturated heterocycles. The van der Waals surface area contributed by atoms with Crippen LogP contribution in [0.1, 0.15) is 18.4 Å². The van der Waals surface area contributed by atoms with Gasteiger partial charge in [0, 0.05) is 31.2 Å². The molecule has 1 fully saturated rings. The Labute approximate surface area is 140 Å². The van der Waals surface area contributed by atoms with Crippen LogP contribution >= 0.6 is 0 Å². The number of nitrogens with two attached hydrogens (primary N) is 1. The average molecular weight is 327 g/mol. The van der Waals surface area contributed by atoms with Crippen molar-refractivity contribution in [3.8, 4) is 5.69 Å². The third kappa shape index (κ3) is 3.40. The normalized spacial score (nSPS) is 17.5. The number of likely N-dealkylation sites (tertiary alicyclic amines) is 1. The van der Waals surface area contributed by atoms with E-state index >= 15 is 0 Å². The fraction of sp³-hybridized carbons (Fsp3) is 0.353. The molecule has 0 bridgehead atoms. The van der Waals surface area contributed by atoms with Gasteiger partial charge in [0.15, 0.2) is 0 Å². The first-order valence-corrected chi connectivity index (χ1v) is 8.00. The van der Waals surface area contributed by atoms with Crippen molar-refractivity contribution >= 4 is 17.6 Å². The Bertz CT molecular complexity index is 741. The molecule has 7 heteroatoms. The maximum atomic E-state index is 12.5. The van der Waals surface area contributed by atoms with E-state index in [1.54, 1.807) is 15.8 Å². The Morgan fingerprint density at radius 1 is 1.38 bits per heavy atom. The molecule has 2 heterocycles. The Morgan fingerprint density at radius 2 is 2.21 bits per heavy atom. The van der Waals surface area contributed by atoms with E-state index in [9.17, 15) is 9.59 Å². The molecule has 1 aromatic carbocycles. The minimum Gasteiger partial charge on any atom is -0.369 e. The minimum atomic E-state index is -0.343. The number of hydrogen-bond acceptors (Lipinski definition) is 3. The van der Waals surface area contributed by atoms with E-state index < -0.39 is 0 Å². The standard InChI is InChI=1S/C17H21N5O2/c1-12-5-6-14(22-9-3-7-19-22)10-15(12)20-17(24)21-8-2-4-13(11-21)16(18)23/h3,5-7,9-10,13H,2,4,8,11H2,1H3,(H2,18,23)(H,20,24)/t13-/m1/s1. The maximum Gasteiger partial charge on any atom is 0.321 e. The second-order valence-electron chi connectivity index (χ2n) is 6.07. The van der Waals surface area contributed by atoms with Gasteiger partial charge in [-0.1, -0.05) is 6.07 Å². The third-order valence-electron chi connectivity index (χ3n) is 4.34. The zero-order valence-electron chi connectivity index (χ0n) is 13.6. The number of piperidine rings is 1. The van der Waals surface area contributed by atoms with Crippen LogP contribution in [-0.2, 0) is 4.79 Å². The highest BCUT2D eigenvalue weighted by molar-refractivity contribution is 5.91. The third-order valence-corrected chi connectivity index (χ3v) is 4.34. The van der Waals surface area contributed by atoms with Crippen molar-refractivity contribution in [3.63, 3.8) is 0 Å². The van der Waals surface area contributed by atoms with Crippen LogP contribution in [0.15, 0.2) is 36.7 Å². The minimum absolute atomic E-state index is 0.207. The van der Waals surface area contributed by atoms with Crippen LogP contribution in [0, 0.1) is 12.8 Å². The highest BCUT2D eigenvalue weighted by Gasteiger charge is 2.27. The topological polar surface area (TPSA) is 93.2 Å². The van der Waals surface area contributed by atoms with Gasteiger partial charge in [-0.25, -0.2) is 9.48 Å². The van der Waals surface area contributed by atoms with Crippen LogP contribution in [0.5, 0.6) is 0 Å². The van der Waals surface area contributed by atoms with Crippen molar-refractivity contribution in [3.05, 3.63) is 42.2 Å². The monoisotopic (exact) mass is 327 g/mol. The first kappa shape index (κ1) is 16.0. The van der Waals surface area contributed by atoms with Gasteiger partial charge in [0.25, 0.3) is 0 Å². The van der Waals surface area contributed by atoms with Gasteiger partial charge in [0.05, 0.1) is 11.6 Å².